The Labute approximate surface area is 165 Å². The van der Waals surface area contributed by atoms with Gasteiger partial charge in [-0.15, -0.1) is 0 Å². The molecule has 2 N–H and O–H groups in total. The summed E-state index contributed by atoms with van der Waals surface area (Å²) in [6, 6.07) is 15.5. The fraction of sp³-hybridized carbons (Fsp3) is 0.304. The highest BCUT2D eigenvalue weighted by molar-refractivity contribution is 5.96. The van der Waals surface area contributed by atoms with E-state index in [9.17, 15) is 9.59 Å². The van der Waals surface area contributed by atoms with Crippen LogP contribution in [-0.2, 0) is 20.7 Å². The largest absolute Gasteiger partial charge is 0.452 e. The first-order valence-electron chi connectivity index (χ1n) is 9.63. The van der Waals surface area contributed by atoms with Crippen LogP contribution in [0.15, 0.2) is 54.7 Å². The van der Waals surface area contributed by atoms with Gasteiger partial charge >= 0.3 is 5.97 Å². The van der Waals surface area contributed by atoms with Gasteiger partial charge in [0.15, 0.2) is 6.10 Å². The molecule has 0 bridgehead atoms. The van der Waals surface area contributed by atoms with Crippen molar-refractivity contribution in [3.63, 3.8) is 0 Å². The van der Waals surface area contributed by atoms with Gasteiger partial charge < -0.3 is 15.0 Å². The number of carbonyl (C=O) groups excluding carboxylic acids is 2. The monoisotopic (exact) mass is 378 g/mol. The highest BCUT2D eigenvalue weighted by Gasteiger charge is 2.20. The van der Waals surface area contributed by atoms with E-state index in [0.717, 1.165) is 34.1 Å². The number of nitrogens with one attached hydrogen (secondary N) is 2. The van der Waals surface area contributed by atoms with Crippen molar-refractivity contribution in [1.29, 1.82) is 0 Å². The summed E-state index contributed by atoms with van der Waals surface area (Å²) < 4.78 is 5.37. The van der Waals surface area contributed by atoms with E-state index in [2.05, 4.69) is 24.1 Å². The number of anilines is 1. The quantitative estimate of drug-likeness (QED) is 0.581. The highest BCUT2D eigenvalue weighted by atomic mass is 16.5. The van der Waals surface area contributed by atoms with Crippen LogP contribution >= 0.6 is 0 Å². The second kappa shape index (κ2) is 8.74. The van der Waals surface area contributed by atoms with Gasteiger partial charge in [0.05, 0.1) is 6.42 Å². The Balaban J connectivity index is 1.62. The van der Waals surface area contributed by atoms with Crippen molar-refractivity contribution in [2.24, 2.45) is 0 Å². The molecule has 28 heavy (non-hydrogen) atoms. The lowest BCUT2D eigenvalue weighted by Gasteiger charge is -2.18. The maximum absolute atomic E-state index is 12.5. The zero-order valence-electron chi connectivity index (χ0n) is 16.5. The first-order valence-corrected chi connectivity index (χ1v) is 9.63. The van der Waals surface area contributed by atoms with Crippen molar-refractivity contribution in [2.75, 3.05) is 5.32 Å². The average molecular weight is 378 g/mol. The molecule has 0 saturated heterocycles. The number of hydrogen-bond donors (Lipinski definition) is 2. The van der Waals surface area contributed by atoms with E-state index < -0.39 is 12.1 Å². The molecule has 0 unspecified atom stereocenters. The van der Waals surface area contributed by atoms with Gasteiger partial charge in [0.2, 0.25) is 0 Å². The zero-order valence-corrected chi connectivity index (χ0v) is 16.5. The molecule has 3 rings (SSSR count). The molecule has 0 radical (unpaired) electrons. The maximum Gasteiger partial charge on any atom is 0.311 e. The van der Waals surface area contributed by atoms with Crippen LogP contribution in [0.25, 0.3) is 10.9 Å². The third-order valence-electron chi connectivity index (χ3n) is 5.05. The fourth-order valence-corrected chi connectivity index (χ4v) is 3.22. The Morgan fingerprint density at radius 3 is 2.57 bits per heavy atom. The molecule has 5 heteroatoms. The van der Waals surface area contributed by atoms with Crippen molar-refractivity contribution in [1.82, 2.24) is 4.98 Å². The SMILES string of the molecule is CC[C@@H](C)c1ccccc1NC(=O)[C@@H](C)OC(=O)Cc1c[nH]c2ccccc12. The lowest BCUT2D eigenvalue weighted by molar-refractivity contribution is -0.152. The third kappa shape index (κ3) is 4.42. The third-order valence-corrected chi connectivity index (χ3v) is 5.05. The zero-order chi connectivity index (χ0) is 20.1. The molecule has 1 aromatic heterocycles. The summed E-state index contributed by atoms with van der Waals surface area (Å²) in [5.41, 5.74) is 3.67. The lowest BCUT2D eigenvalue weighted by Crippen LogP contribution is -2.30. The summed E-state index contributed by atoms with van der Waals surface area (Å²) >= 11 is 0. The van der Waals surface area contributed by atoms with Crippen LogP contribution < -0.4 is 5.32 Å². The predicted octanol–water partition coefficient (Wildman–Crippen LogP) is 4.79. The number of amides is 1. The minimum Gasteiger partial charge on any atom is -0.452 e. The van der Waals surface area contributed by atoms with E-state index in [-0.39, 0.29) is 12.3 Å². The Morgan fingerprint density at radius 2 is 1.79 bits per heavy atom. The average Bonchev–Trinajstić information content (AvgIpc) is 3.10. The normalized spacial score (nSPS) is 13.1. The number of H-pyrrole nitrogens is 1. The number of aromatic nitrogens is 1. The van der Waals surface area contributed by atoms with Gasteiger partial charge in [0.1, 0.15) is 0 Å². The van der Waals surface area contributed by atoms with Crippen molar-refractivity contribution < 1.29 is 14.3 Å². The maximum atomic E-state index is 12.5. The molecule has 0 saturated carbocycles. The van der Waals surface area contributed by atoms with Crippen molar-refractivity contribution in [2.45, 2.75) is 45.6 Å². The summed E-state index contributed by atoms with van der Waals surface area (Å²) in [6.45, 7) is 5.82. The van der Waals surface area contributed by atoms with Crippen LogP contribution in [0.2, 0.25) is 0 Å². The van der Waals surface area contributed by atoms with Gasteiger partial charge in [-0.1, -0.05) is 50.2 Å². The molecule has 1 heterocycles. The number of fused-ring (bicyclic) bond motifs is 1. The minimum absolute atomic E-state index is 0.116. The van der Waals surface area contributed by atoms with Crippen LogP contribution in [0.3, 0.4) is 0 Å². The first kappa shape index (κ1) is 19.7. The Hall–Kier alpha value is -3.08. The number of esters is 1. The van der Waals surface area contributed by atoms with Crippen LogP contribution in [0.1, 0.15) is 44.2 Å². The van der Waals surface area contributed by atoms with E-state index in [4.69, 9.17) is 4.74 Å². The second-order valence-corrected chi connectivity index (χ2v) is 7.05. The van der Waals surface area contributed by atoms with Crippen LogP contribution in [0, 0.1) is 0 Å². The molecule has 0 aliphatic carbocycles. The topological polar surface area (TPSA) is 71.2 Å². The molecule has 3 aromatic rings. The van der Waals surface area contributed by atoms with Crippen molar-refractivity contribution >= 4 is 28.5 Å². The van der Waals surface area contributed by atoms with E-state index in [1.807, 2.05) is 48.5 Å². The van der Waals surface area contributed by atoms with Crippen LogP contribution in [0.4, 0.5) is 5.69 Å². The molecule has 5 nitrogen and oxygen atoms in total. The lowest BCUT2D eigenvalue weighted by atomic mass is 9.97. The molecule has 2 atom stereocenters. The highest BCUT2D eigenvalue weighted by Crippen LogP contribution is 2.26. The van der Waals surface area contributed by atoms with Gasteiger partial charge in [-0.3, -0.25) is 9.59 Å². The molecular weight excluding hydrogens is 352 g/mol. The molecule has 0 aliphatic heterocycles. The number of rotatable bonds is 7. The summed E-state index contributed by atoms with van der Waals surface area (Å²) in [7, 11) is 0. The van der Waals surface area contributed by atoms with Crippen molar-refractivity contribution in [3.8, 4) is 0 Å². The summed E-state index contributed by atoms with van der Waals surface area (Å²) in [6.07, 6.45) is 2.02. The molecule has 0 aliphatic rings. The van der Waals surface area contributed by atoms with E-state index in [1.165, 1.54) is 0 Å². The second-order valence-electron chi connectivity index (χ2n) is 7.05. The molecule has 0 spiro atoms. The van der Waals surface area contributed by atoms with E-state index in [1.54, 1.807) is 13.1 Å². The number of carbonyl (C=O) groups is 2. The van der Waals surface area contributed by atoms with Crippen LogP contribution in [0.5, 0.6) is 0 Å². The first-order chi connectivity index (χ1) is 13.5. The molecule has 146 valence electrons. The van der Waals surface area contributed by atoms with Gasteiger partial charge in [0.25, 0.3) is 5.91 Å². The van der Waals surface area contributed by atoms with Crippen molar-refractivity contribution in [3.05, 3.63) is 65.9 Å². The van der Waals surface area contributed by atoms with Gasteiger partial charge in [-0.2, -0.15) is 0 Å². The molecule has 2 aromatic carbocycles. The summed E-state index contributed by atoms with van der Waals surface area (Å²) in [4.78, 5) is 28.0. The predicted molar refractivity (Wildman–Crippen MR) is 111 cm³/mol. The van der Waals surface area contributed by atoms with E-state index in [0.29, 0.717) is 5.92 Å². The smallest absolute Gasteiger partial charge is 0.311 e. The fourth-order valence-electron chi connectivity index (χ4n) is 3.22. The van der Waals surface area contributed by atoms with Gasteiger partial charge in [0, 0.05) is 22.8 Å². The molecular formula is C23H26N2O3. The Kier molecular flexibility index (Phi) is 6.14. The minimum atomic E-state index is -0.873. The van der Waals surface area contributed by atoms with E-state index >= 15 is 0 Å². The molecule has 0 fully saturated rings. The number of aromatic amines is 1. The summed E-state index contributed by atoms with van der Waals surface area (Å²) in [5, 5.41) is 3.88. The van der Waals surface area contributed by atoms with Crippen LogP contribution in [-0.4, -0.2) is 23.0 Å². The standard InChI is InChI=1S/C23H26N2O3/c1-4-15(2)18-9-5-8-12-21(18)25-23(27)16(3)28-22(26)13-17-14-24-20-11-7-6-10-19(17)20/h5-12,14-16,24H,4,13H2,1-3H3,(H,25,27)/t15-,16-/m1/s1. The van der Waals surface area contributed by atoms with Gasteiger partial charge in [-0.05, 0) is 42.5 Å². The Morgan fingerprint density at radius 1 is 1.07 bits per heavy atom. The molecule has 1 amide bonds. The number of para-hydroxylation sites is 2. The number of ether oxygens (including phenoxy) is 1. The van der Waals surface area contributed by atoms with Gasteiger partial charge in [-0.25, -0.2) is 0 Å². The number of hydrogen-bond acceptors (Lipinski definition) is 3. The number of benzene rings is 2. The summed E-state index contributed by atoms with van der Waals surface area (Å²) in [5.74, 6) is -0.429. The Bertz CT molecular complexity index is 977.